The van der Waals surface area contributed by atoms with Crippen molar-refractivity contribution in [3.63, 3.8) is 0 Å². The molecule has 0 unspecified atom stereocenters. The lowest BCUT2D eigenvalue weighted by molar-refractivity contribution is 0.00449. The van der Waals surface area contributed by atoms with Crippen LogP contribution >= 0.6 is 0 Å². The molecule has 1 saturated heterocycles. The molecule has 106 valence electrons. The smallest absolute Gasteiger partial charge is 0.243 e. The second kappa shape index (κ2) is 5.54. The molecule has 0 radical (unpaired) electrons. The summed E-state index contributed by atoms with van der Waals surface area (Å²) in [7, 11) is -3.70. The SMILES string of the molecule is Cc1ccc(F)cc1S(=O)(=O)N1CCO[C@@H](CN)C1. The first kappa shape index (κ1) is 14.4. The molecule has 2 N–H and O–H groups in total. The van der Waals surface area contributed by atoms with Crippen LogP contribution in [0.2, 0.25) is 0 Å². The minimum Gasteiger partial charge on any atom is -0.374 e. The molecule has 7 heteroatoms. The number of halogens is 1. The van der Waals surface area contributed by atoms with Crippen molar-refractivity contribution in [3.05, 3.63) is 29.6 Å². The van der Waals surface area contributed by atoms with Crippen LogP contribution in [0.15, 0.2) is 23.1 Å². The Morgan fingerprint density at radius 2 is 2.26 bits per heavy atom. The van der Waals surface area contributed by atoms with Gasteiger partial charge in [0, 0.05) is 19.6 Å². The third-order valence-corrected chi connectivity index (χ3v) is 5.14. The highest BCUT2D eigenvalue weighted by molar-refractivity contribution is 7.89. The zero-order valence-electron chi connectivity index (χ0n) is 10.7. The Kier molecular flexibility index (Phi) is 4.19. The van der Waals surface area contributed by atoms with Gasteiger partial charge in [-0.1, -0.05) is 6.07 Å². The lowest BCUT2D eigenvalue weighted by Crippen LogP contribution is -2.48. The number of morpholine rings is 1. The van der Waals surface area contributed by atoms with Crippen LogP contribution in [0, 0.1) is 12.7 Å². The van der Waals surface area contributed by atoms with Crippen LogP contribution in [0.25, 0.3) is 0 Å². The van der Waals surface area contributed by atoms with Crippen molar-refractivity contribution in [2.45, 2.75) is 17.9 Å². The Morgan fingerprint density at radius 1 is 1.53 bits per heavy atom. The number of nitrogens with zero attached hydrogens (tertiary/aromatic N) is 1. The largest absolute Gasteiger partial charge is 0.374 e. The van der Waals surface area contributed by atoms with Crippen LogP contribution in [-0.2, 0) is 14.8 Å². The average molecular weight is 288 g/mol. The monoisotopic (exact) mass is 288 g/mol. The molecule has 5 nitrogen and oxygen atoms in total. The number of hydrogen-bond acceptors (Lipinski definition) is 4. The minimum atomic E-state index is -3.70. The molecule has 0 bridgehead atoms. The summed E-state index contributed by atoms with van der Waals surface area (Å²) in [6, 6.07) is 3.76. The van der Waals surface area contributed by atoms with Crippen molar-refractivity contribution in [3.8, 4) is 0 Å². The molecular weight excluding hydrogens is 271 g/mol. The molecule has 2 rings (SSSR count). The van der Waals surface area contributed by atoms with Crippen LogP contribution in [0.1, 0.15) is 5.56 Å². The molecule has 0 saturated carbocycles. The topological polar surface area (TPSA) is 72.6 Å². The van der Waals surface area contributed by atoms with Gasteiger partial charge in [-0.25, -0.2) is 12.8 Å². The predicted octanol–water partition coefficient (Wildman–Crippen LogP) is 0.482. The van der Waals surface area contributed by atoms with E-state index in [2.05, 4.69) is 0 Å². The van der Waals surface area contributed by atoms with Gasteiger partial charge in [-0.2, -0.15) is 4.31 Å². The van der Waals surface area contributed by atoms with E-state index in [1.54, 1.807) is 6.92 Å². The number of ether oxygens (including phenoxy) is 1. The highest BCUT2D eigenvalue weighted by Crippen LogP contribution is 2.22. The zero-order chi connectivity index (χ0) is 14.0. The van der Waals surface area contributed by atoms with Gasteiger partial charge in [-0.15, -0.1) is 0 Å². The summed E-state index contributed by atoms with van der Waals surface area (Å²) >= 11 is 0. The molecule has 1 aromatic carbocycles. The molecule has 0 aromatic heterocycles. The molecule has 1 aliphatic heterocycles. The fraction of sp³-hybridized carbons (Fsp3) is 0.500. The summed E-state index contributed by atoms with van der Waals surface area (Å²) in [5, 5.41) is 0. The third kappa shape index (κ3) is 2.94. The first-order chi connectivity index (χ1) is 8.95. The van der Waals surface area contributed by atoms with E-state index in [9.17, 15) is 12.8 Å². The standard InChI is InChI=1S/C12H17FN2O3S/c1-9-2-3-10(13)6-12(9)19(16,17)15-4-5-18-11(7-14)8-15/h2-3,6,11H,4-5,7-8,14H2,1H3/t11-/m0/s1. The molecule has 1 atom stereocenters. The Labute approximate surface area is 112 Å². The Bertz CT molecular complexity index is 562. The van der Waals surface area contributed by atoms with Crippen molar-refractivity contribution in [1.29, 1.82) is 0 Å². The molecule has 1 fully saturated rings. The van der Waals surface area contributed by atoms with E-state index in [-0.39, 0.29) is 30.6 Å². The quantitative estimate of drug-likeness (QED) is 0.878. The van der Waals surface area contributed by atoms with Gasteiger partial charge >= 0.3 is 0 Å². The summed E-state index contributed by atoms with van der Waals surface area (Å²) < 4.78 is 44.9. The van der Waals surface area contributed by atoms with Gasteiger partial charge in [-0.05, 0) is 24.6 Å². The zero-order valence-corrected chi connectivity index (χ0v) is 11.5. The fourth-order valence-corrected chi connectivity index (χ4v) is 3.74. The molecule has 0 spiro atoms. The highest BCUT2D eigenvalue weighted by Gasteiger charge is 2.31. The summed E-state index contributed by atoms with van der Waals surface area (Å²) in [5.41, 5.74) is 6.02. The summed E-state index contributed by atoms with van der Waals surface area (Å²) in [5.74, 6) is -0.562. The first-order valence-corrected chi connectivity index (χ1v) is 7.47. The number of nitrogens with two attached hydrogens (primary N) is 1. The maximum atomic E-state index is 13.3. The van der Waals surface area contributed by atoms with E-state index in [4.69, 9.17) is 10.5 Å². The minimum absolute atomic E-state index is 0.00479. The van der Waals surface area contributed by atoms with Crippen LogP contribution in [0.4, 0.5) is 4.39 Å². The average Bonchev–Trinajstić information content (AvgIpc) is 2.41. The van der Waals surface area contributed by atoms with E-state index in [1.807, 2.05) is 0 Å². The van der Waals surface area contributed by atoms with Gasteiger partial charge < -0.3 is 10.5 Å². The van der Waals surface area contributed by atoms with Crippen molar-refractivity contribution < 1.29 is 17.5 Å². The van der Waals surface area contributed by atoms with Crippen molar-refractivity contribution in [2.75, 3.05) is 26.2 Å². The Balaban J connectivity index is 2.34. The fourth-order valence-electron chi connectivity index (χ4n) is 2.04. The first-order valence-electron chi connectivity index (χ1n) is 6.03. The van der Waals surface area contributed by atoms with Crippen molar-refractivity contribution >= 4 is 10.0 Å². The van der Waals surface area contributed by atoms with Gasteiger partial charge in [0.1, 0.15) is 5.82 Å². The van der Waals surface area contributed by atoms with E-state index < -0.39 is 15.8 Å². The normalized spacial score (nSPS) is 21.5. The third-order valence-electron chi connectivity index (χ3n) is 3.13. The van der Waals surface area contributed by atoms with Gasteiger partial charge in [0.05, 0.1) is 17.6 Å². The number of sulfonamides is 1. The number of rotatable bonds is 3. The van der Waals surface area contributed by atoms with Crippen LogP contribution in [0.3, 0.4) is 0 Å². The maximum absolute atomic E-state index is 13.3. The van der Waals surface area contributed by atoms with Gasteiger partial charge in [-0.3, -0.25) is 0 Å². The number of aryl methyl sites for hydroxylation is 1. The highest BCUT2D eigenvalue weighted by atomic mass is 32.2. The van der Waals surface area contributed by atoms with E-state index in [1.165, 1.54) is 16.4 Å². The van der Waals surface area contributed by atoms with Crippen molar-refractivity contribution in [2.24, 2.45) is 5.73 Å². The van der Waals surface area contributed by atoms with E-state index in [0.717, 1.165) is 6.07 Å². The van der Waals surface area contributed by atoms with Gasteiger partial charge in [0.2, 0.25) is 10.0 Å². The molecule has 1 aromatic rings. The van der Waals surface area contributed by atoms with E-state index in [0.29, 0.717) is 12.2 Å². The summed E-state index contributed by atoms with van der Waals surface area (Å²) in [6.07, 6.45) is -0.308. The molecular formula is C12H17FN2O3S. The summed E-state index contributed by atoms with van der Waals surface area (Å²) in [6.45, 7) is 2.67. The molecule has 1 aliphatic rings. The Morgan fingerprint density at radius 3 is 2.95 bits per heavy atom. The molecule has 0 aliphatic carbocycles. The number of hydrogen-bond donors (Lipinski definition) is 1. The van der Waals surface area contributed by atoms with Crippen LogP contribution in [0.5, 0.6) is 0 Å². The van der Waals surface area contributed by atoms with Crippen LogP contribution < -0.4 is 5.73 Å². The predicted molar refractivity (Wildman–Crippen MR) is 68.7 cm³/mol. The second-order valence-corrected chi connectivity index (χ2v) is 6.41. The molecule has 1 heterocycles. The number of benzene rings is 1. The lowest BCUT2D eigenvalue weighted by Gasteiger charge is -2.31. The summed E-state index contributed by atoms with van der Waals surface area (Å²) in [4.78, 5) is 0.00479. The maximum Gasteiger partial charge on any atom is 0.243 e. The van der Waals surface area contributed by atoms with Gasteiger partial charge in [0.25, 0.3) is 0 Å². The van der Waals surface area contributed by atoms with Crippen LogP contribution in [-0.4, -0.2) is 45.1 Å². The van der Waals surface area contributed by atoms with Gasteiger partial charge in [0.15, 0.2) is 0 Å². The van der Waals surface area contributed by atoms with E-state index >= 15 is 0 Å². The van der Waals surface area contributed by atoms with Crippen molar-refractivity contribution in [1.82, 2.24) is 4.31 Å². The molecule has 0 amide bonds. The second-order valence-electron chi connectivity index (χ2n) is 4.50. The molecule has 19 heavy (non-hydrogen) atoms. The Hall–Kier alpha value is -1.02. The lowest BCUT2D eigenvalue weighted by atomic mass is 10.2.